The number of morpholine rings is 1. The number of anilines is 2. The predicted molar refractivity (Wildman–Crippen MR) is 180 cm³/mol. The summed E-state index contributed by atoms with van der Waals surface area (Å²) in [6.07, 6.45) is 3.21. The number of nitrogens with one attached hydrogen (secondary N) is 1. The van der Waals surface area contributed by atoms with E-state index in [1.54, 1.807) is 11.0 Å². The molecule has 264 valence electrons. The Labute approximate surface area is 284 Å². The number of amides is 1. The molecule has 7 rings (SSSR count). The molecule has 1 amide bonds. The number of aromatic nitrogens is 3. The summed E-state index contributed by atoms with van der Waals surface area (Å²) in [6, 6.07) is 3.53. The predicted octanol–water partition coefficient (Wildman–Crippen LogP) is 5.49. The first-order valence-electron chi connectivity index (χ1n) is 17.3. The van der Waals surface area contributed by atoms with Crippen LogP contribution in [0.4, 0.5) is 25.1 Å². The van der Waals surface area contributed by atoms with Gasteiger partial charge in [0, 0.05) is 50.2 Å². The van der Waals surface area contributed by atoms with Crippen molar-refractivity contribution in [1.82, 2.24) is 24.8 Å². The fourth-order valence-corrected chi connectivity index (χ4v) is 6.90. The van der Waals surface area contributed by atoms with Crippen molar-refractivity contribution in [2.24, 2.45) is 0 Å². The lowest BCUT2D eigenvalue weighted by molar-refractivity contribution is -0.0101. The Balaban J connectivity index is 1.28. The average molecular weight is 682 g/mol. The molecule has 0 bridgehead atoms. The lowest BCUT2D eigenvalue weighted by Gasteiger charge is -2.33. The Morgan fingerprint density at radius 1 is 1.06 bits per heavy atom. The number of rotatable bonds is 5. The van der Waals surface area contributed by atoms with Gasteiger partial charge in [0.15, 0.2) is 5.82 Å². The van der Waals surface area contributed by atoms with Crippen molar-refractivity contribution in [2.45, 2.75) is 89.5 Å². The van der Waals surface area contributed by atoms with Gasteiger partial charge < -0.3 is 34.9 Å². The molecule has 0 unspecified atom stereocenters. The van der Waals surface area contributed by atoms with E-state index in [-0.39, 0.29) is 58.5 Å². The van der Waals surface area contributed by atoms with E-state index in [2.05, 4.69) is 20.2 Å². The minimum absolute atomic E-state index is 0.00193. The Morgan fingerprint density at radius 3 is 2.65 bits per heavy atom. The second-order valence-electron chi connectivity index (χ2n) is 14.5. The van der Waals surface area contributed by atoms with Gasteiger partial charge in [-0.2, -0.15) is 9.97 Å². The van der Waals surface area contributed by atoms with E-state index in [9.17, 15) is 4.79 Å². The van der Waals surface area contributed by atoms with Crippen LogP contribution in [-0.2, 0) is 9.47 Å². The highest BCUT2D eigenvalue weighted by Gasteiger charge is 2.36. The summed E-state index contributed by atoms with van der Waals surface area (Å²) in [7, 11) is 0. The summed E-state index contributed by atoms with van der Waals surface area (Å²) in [6.45, 7) is 10.8. The molecule has 2 saturated heterocycles. The number of hydrogen-bond acceptors (Lipinski definition) is 11. The molecule has 3 fully saturated rings. The first kappa shape index (κ1) is 33.5. The highest BCUT2D eigenvalue weighted by molar-refractivity contribution is 5.96. The highest BCUT2D eigenvalue weighted by atomic mass is 19.1. The zero-order valence-electron chi connectivity index (χ0n) is 28.6. The fraction of sp³-hybridized carbons (Fsp3) is 0.600. The van der Waals surface area contributed by atoms with Crippen molar-refractivity contribution in [1.29, 1.82) is 0 Å². The number of fused-ring (bicyclic) bond motifs is 1. The second kappa shape index (κ2) is 13.3. The van der Waals surface area contributed by atoms with Gasteiger partial charge in [0.2, 0.25) is 5.88 Å². The lowest BCUT2D eigenvalue weighted by Crippen LogP contribution is -2.46. The van der Waals surface area contributed by atoms with Crippen LogP contribution < -0.4 is 20.5 Å². The molecular formula is C35H45F2N7O5. The Kier molecular flexibility index (Phi) is 9.11. The van der Waals surface area contributed by atoms with E-state index in [1.807, 2.05) is 27.7 Å². The number of carbonyl (C=O) groups excluding carboxylic acids is 1. The molecule has 0 spiro atoms. The molecule has 3 aromatic rings. The van der Waals surface area contributed by atoms with Crippen LogP contribution in [0.15, 0.2) is 12.1 Å². The summed E-state index contributed by atoms with van der Waals surface area (Å²) in [5.74, 6) is -0.793. The third kappa shape index (κ3) is 7.16. The summed E-state index contributed by atoms with van der Waals surface area (Å²) in [5.41, 5.74) is 6.03. The van der Waals surface area contributed by atoms with Gasteiger partial charge in [0.05, 0.1) is 25.0 Å². The standard InChI is InChI=1S/C35H45F2N7O5/c1-19-9-11-43(34(45)49-35(2,3)4)12-10-39-31-26-30(41-33(42-31)47-18-23-8-7-22-17-46-14-13-44(22)23)28(37)29(40-32(26)48-19)21-15-24(20-5-6-20)27(36)25(38)16-21/h15-16,19-20,22-23H,5-14,17-18,38H2,1-4H3,(H,39,41,42)/t19-,22-,23-/m0/s1. The van der Waals surface area contributed by atoms with Gasteiger partial charge in [-0.15, -0.1) is 0 Å². The zero-order chi connectivity index (χ0) is 34.4. The number of pyridine rings is 1. The Hall–Kier alpha value is -4.04. The van der Waals surface area contributed by atoms with Crippen LogP contribution in [0, 0.1) is 11.6 Å². The van der Waals surface area contributed by atoms with Gasteiger partial charge in [-0.3, -0.25) is 4.90 Å². The van der Waals surface area contributed by atoms with Crippen molar-refractivity contribution in [3.8, 4) is 23.1 Å². The average Bonchev–Trinajstić information content (AvgIpc) is 3.82. The van der Waals surface area contributed by atoms with Crippen LogP contribution in [-0.4, -0.2) is 101 Å². The largest absolute Gasteiger partial charge is 0.474 e. The van der Waals surface area contributed by atoms with Gasteiger partial charge in [0.25, 0.3) is 0 Å². The van der Waals surface area contributed by atoms with Crippen LogP contribution in [0.2, 0.25) is 0 Å². The van der Waals surface area contributed by atoms with E-state index in [0.29, 0.717) is 56.5 Å². The topological polar surface area (TPSA) is 137 Å². The van der Waals surface area contributed by atoms with Crippen LogP contribution in [0.25, 0.3) is 22.2 Å². The van der Waals surface area contributed by atoms with Gasteiger partial charge >= 0.3 is 12.1 Å². The van der Waals surface area contributed by atoms with Crippen LogP contribution in [0.3, 0.4) is 0 Å². The minimum atomic E-state index is -0.725. The van der Waals surface area contributed by atoms with Crippen LogP contribution in [0.5, 0.6) is 11.9 Å². The number of carbonyl (C=O) groups is 1. The number of nitrogens with zero attached hydrogens (tertiary/aromatic N) is 5. The summed E-state index contributed by atoms with van der Waals surface area (Å²) in [4.78, 5) is 31.1. The molecule has 4 aliphatic rings. The molecule has 1 aliphatic carbocycles. The van der Waals surface area contributed by atoms with E-state index >= 15 is 8.78 Å². The van der Waals surface area contributed by atoms with Crippen molar-refractivity contribution in [3.05, 3.63) is 29.3 Å². The maximum atomic E-state index is 16.8. The van der Waals surface area contributed by atoms with Gasteiger partial charge in [-0.25, -0.2) is 18.6 Å². The fourth-order valence-electron chi connectivity index (χ4n) is 6.90. The third-order valence-electron chi connectivity index (χ3n) is 9.58. The molecule has 3 N–H and O–H groups in total. The molecule has 1 aromatic carbocycles. The third-order valence-corrected chi connectivity index (χ3v) is 9.58. The number of hydrogen-bond donors (Lipinski definition) is 2. The Bertz CT molecular complexity index is 1730. The normalized spacial score (nSPS) is 23.3. The molecule has 49 heavy (non-hydrogen) atoms. The van der Waals surface area contributed by atoms with Crippen molar-refractivity contribution >= 4 is 28.5 Å². The Morgan fingerprint density at radius 2 is 1.88 bits per heavy atom. The van der Waals surface area contributed by atoms with Gasteiger partial charge in [-0.1, -0.05) is 0 Å². The number of halogens is 2. The van der Waals surface area contributed by atoms with Gasteiger partial charge in [-0.05, 0) is 77.0 Å². The molecule has 2 aromatic heterocycles. The number of benzene rings is 1. The van der Waals surface area contributed by atoms with E-state index < -0.39 is 29.4 Å². The smallest absolute Gasteiger partial charge is 0.410 e. The maximum Gasteiger partial charge on any atom is 0.410 e. The van der Waals surface area contributed by atoms with Crippen molar-refractivity contribution in [2.75, 3.05) is 57.1 Å². The first-order chi connectivity index (χ1) is 23.4. The minimum Gasteiger partial charge on any atom is -0.474 e. The molecule has 3 aliphatic heterocycles. The lowest BCUT2D eigenvalue weighted by atomic mass is 10.0. The first-order valence-corrected chi connectivity index (χ1v) is 17.3. The molecule has 0 radical (unpaired) electrons. The van der Waals surface area contributed by atoms with Crippen LogP contribution in [0.1, 0.15) is 71.3 Å². The SMILES string of the molecule is C[C@H]1CCN(C(=O)OC(C)(C)C)CCNc2nc(OC[C@@H]3CC[C@H]4COCCN43)nc3c(F)c(-c4cc(N)c(F)c(C5CC5)c4)nc(c23)O1. The number of nitrogens with two attached hydrogens (primary N) is 1. The molecule has 12 nitrogen and oxygen atoms in total. The highest BCUT2D eigenvalue weighted by Crippen LogP contribution is 2.45. The maximum absolute atomic E-state index is 16.8. The van der Waals surface area contributed by atoms with Gasteiger partial charge in [0.1, 0.15) is 40.4 Å². The monoisotopic (exact) mass is 681 g/mol. The molecule has 14 heteroatoms. The van der Waals surface area contributed by atoms with E-state index in [0.717, 1.165) is 32.2 Å². The van der Waals surface area contributed by atoms with E-state index in [4.69, 9.17) is 29.7 Å². The van der Waals surface area contributed by atoms with Crippen LogP contribution >= 0.6 is 0 Å². The summed E-state index contributed by atoms with van der Waals surface area (Å²) < 4.78 is 55.7. The number of ether oxygens (including phenoxy) is 4. The van der Waals surface area contributed by atoms with Crippen molar-refractivity contribution in [3.63, 3.8) is 0 Å². The van der Waals surface area contributed by atoms with E-state index in [1.165, 1.54) is 6.07 Å². The molecular weight excluding hydrogens is 636 g/mol. The molecule has 3 atom stereocenters. The molecule has 1 saturated carbocycles. The summed E-state index contributed by atoms with van der Waals surface area (Å²) >= 11 is 0. The second-order valence-corrected chi connectivity index (χ2v) is 14.5. The number of nitrogen functional groups attached to an aromatic ring is 1. The quantitative estimate of drug-likeness (QED) is 0.331. The van der Waals surface area contributed by atoms with Crippen molar-refractivity contribution < 1.29 is 32.5 Å². The summed E-state index contributed by atoms with van der Waals surface area (Å²) in [5, 5.41) is 3.52. The molecule has 5 heterocycles. The zero-order valence-corrected chi connectivity index (χ0v) is 28.6.